The summed E-state index contributed by atoms with van der Waals surface area (Å²) < 4.78 is 0. The van der Waals surface area contributed by atoms with E-state index in [9.17, 15) is 4.79 Å². The number of hydrogen-bond acceptors (Lipinski definition) is 2. The van der Waals surface area contributed by atoms with Gasteiger partial charge in [0.1, 0.15) is 0 Å². The third-order valence-electron chi connectivity index (χ3n) is 5.03. The summed E-state index contributed by atoms with van der Waals surface area (Å²) in [6, 6.07) is 11.2. The number of hydrogen-bond donors (Lipinski definition) is 2. The molecule has 0 aromatic heterocycles. The Hall–Kier alpha value is -1.35. The third kappa shape index (κ3) is 5.13. The molecule has 1 unspecified atom stereocenters. The quantitative estimate of drug-likeness (QED) is 0.807. The van der Waals surface area contributed by atoms with Crippen LogP contribution in [0.15, 0.2) is 30.3 Å². The Labute approximate surface area is 134 Å². The highest BCUT2D eigenvalue weighted by atomic mass is 16.4. The van der Waals surface area contributed by atoms with Crippen LogP contribution in [-0.2, 0) is 11.2 Å². The first-order chi connectivity index (χ1) is 10.6. The van der Waals surface area contributed by atoms with Crippen LogP contribution >= 0.6 is 0 Å². The lowest BCUT2D eigenvalue weighted by molar-refractivity contribution is -0.142. The SMILES string of the molecule is CC(C)C(CNC1CCC(C(=O)O)CC1)Cc1ccccc1. The second-order valence-electron chi connectivity index (χ2n) is 6.99. The maximum Gasteiger partial charge on any atom is 0.306 e. The van der Waals surface area contributed by atoms with Gasteiger partial charge in [-0.05, 0) is 56.0 Å². The molecule has 2 N–H and O–H groups in total. The van der Waals surface area contributed by atoms with E-state index >= 15 is 0 Å². The Morgan fingerprint density at radius 2 is 1.82 bits per heavy atom. The maximum atomic E-state index is 11.0. The molecule has 0 amide bonds. The van der Waals surface area contributed by atoms with Crippen molar-refractivity contribution < 1.29 is 9.90 Å². The van der Waals surface area contributed by atoms with Crippen molar-refractivity contribution in [1.82, 2.24) is 5.32 Å². The van der Waals surface area contributed by atoms with E-state index < -0.39 is 5.97 Å². The summed E-state index contributed by atoms with van der Waals surface area (Å²) in [4.78, 5) is 11.0. The normalized spacial score (nSPS) is 23.4. The molecular weight excluding hydrogens is 274 g/mol. The van der Waals surface area contributed by atoms with Gasteiger partial charge in [0.05, 0.1) is 5.92 Å². The zero-order valence-electron chi connectivity index (χ0n) is 13.8. The fourth-order valence-electron chi connectivity index (χ4n) is 3.32. The number of carbonyl (C=O) groups is 1. The van der Waals surface area contributed by atoms with Gasteiger partial charge in [-0.1, -0.05) is 44.2 Å². The molecule has 0 saturated heterocycles. The molecule has 1 aliphatic rings. The van der Waals surface area contributed by atoms with Crippen molar-refractivity contribution in [1.29, 1.82) is 0 Å². The largest absolute Gasteiger partial charge is 0.481 e. The van der Waals surface area contributed by atoms with Gasteiger partial charge >= 0.3 is 5.97 Å². The Kier molecular flexibility index (Phi) is 6.44. The fraction of sp³-hybridized carbons (Fsp3) is 0.632. The van der Waals surface area contributed by atoms with Crippen molar-refractivity contribution in [2.75, 3.05) is 6.54 Å². The second kappa shape index (κ2) is 8.33. The maximum absolute atomic E-state index is 11.0. The molecule has 1 aromatic rings. The first-order valence-electron chi connectivity index (χ1n) is 8.56. The fourth-order valence-corrected chi connectivity index (χ4v) is 3.32. The van der Waals surface area contributed by atoms with Crippen LogP contribution in [-0.4, -0.2) is 23.7 Å². The summed E-state index contributed by atoms with van der Waals surface area (Å²) >= 11 is 0. The zero-order valence-corrected chi connectivity index (χ0v) is 13.8. The first kappa shape index (κ1) is 17.0. The van der Waals surface area contributed by atoms with Crippen molar-refractivity contribution in [3.8, 4) is 0 Å². The Morgan fingerprint density at radius 1 is 1.18 bits per heavy atom. The molecule has 3 heteroatoms. The average molecular weight is 303 g/mol. The van der Waals surface area contributed by atoms with E-state index in [0.717, 1.165) is 38.6 Å². The predicted octanol–water partition coefficient (Wildman–Crippen LogP) is 3.73. The van der Waals surface area contributed by atoms with Gasteiger partial charge in [0, 0.05) is 6.04 Å². The monoisotopic (exact) mass is 303 g/mol. The molecule has 0 bridgehead atoms. The summed E-state index contributed by atoms with van der Waals surface area (Å²) in [6.45, 7) is 5.60. The van der Waals surface area contributed by atoms with E-state index in [0.29, 0.717) is 17.9 Å². The number of carboxylic acids is 1. The summed E-state index contributed by atoms with van der Waals surface area (Å²) in [5.41, 5.74) is 1.40. The number of carboxylic acid groups (broad SMARTS) is 1. The van der Waals surface area contributed by atoms with Crippen LogP contribution in [0.5, 0.6) is 0 Å². The van der Waals surface area contributed by atoms with Crippen LogP contribution in [0.2, 0.25) is 0 Å². The van der Waals surface area contributed by atoms with E-state index in [1.54, 1.807) is 0 Å². The highest BCUT2D eigenvalue weighted by molar-refractivity contribution is 5.70. The molecule has 122 valence electrons. The van der Waals surface area contributed by atoms with Gasteiger partial charge in [-0.25, -0.2) is 0 Å². The molecule has 1 aliphatic carbocycles. The van der Waals surface area contributed by atoms with Crippen LogP contribution < -0.4 is 5.32 Å². The van der Waals surface area contributed by atoms with Gasteiger partial charge in [-0.15, -0.1) is 0 Å². The summed E-state index contributed by atoms with van der Waals surface area (Å²) in [6.07, 6.45) is 4.73. The summed E-state index contributed by atoms with van der Waals surface area (Å²) in [5.74, 6) is 0.522. The van der Waals surface area contributed by atoms with Crippen molar-refractivity contribution in [2.24, 2.45) is 17.8 Å². The molecular formula is C19H29NO2. The minimum atomic E-state index is -0.623. The lowest BCUT2D eigenvalue weighted by Crippen LogP contribution is -2.39. The predicted molar refractivity (Wildman–Crippen MR) is 89.9 cm³/mol. The van der Waals surface area contributed by atoms with E-state index in [-0.39, 0.29) is 5.92 Å². The molecule has 3 nitrogen and oxygen atoms in total. The van der Waals surface area contributed by atoms with Gasteiger partial charge < -0.3 is 10.4 Å². The molecule has 0 heterocycles. The highest BCUT2D eigenvalue weighted by Crippen LogP contribution is 2.25. The van der Waals surface area contributed by atoms with Crippen molar-refractivity contribution in [2.45, 2.75) is 52.0 Å². The zero-order chi connectivity index (χ0) is 15.9. The van der Waals surface area contributed by atoms with Gasteiger partial charge in [0.15, 0.2) is 0 Å². The number of benzene rings is 1. The smallest absolute Gasteiger partial charge is 0.306 e. The lowest BCUT2D eigenvalue weighted by Gasteiger charge is -2.30. The van der Waals surface area contributed by atoms with E-state index in [1.165, 1.54) is 5.56 Å². The van der Waals surface area contributed by atoms with Crippen molar-refractivity contribution in [3.05, 3.63) is 35.9 Å². The Balaban J connectivity index is 1.79. The summed E-state index contributed by atoms with van der Waals surface area (Å²) in [5, 5.41) is 12.7. The van der Waals surface area contributed by atoms with E-state index in [1.807, 2.05) is 0 Å². The van der Waals surface area contributed by atoms with Crippen LogP contribution in [0.25, 0.3) is 0 Å². The van der Waals surface area contributed by atoms with Gasteiger partial charge in [0.25, 0.3) is 0 Å². The van der Waals surface area contributed by atoms with Gasteiger partial charge in [-0.3, -0.25) is 4.79 Å². The van der Waals surface area contributed by atoms with Gasteiger partial charge in [0.2, 0.25) is 0 Å². The molecule has 0 aliphatic heterocycles. The molecule has 2 rings (SSSR count). The van der Waals surface area contributed by atoms with Crippen LogP contribution in [0.3, 0.4) is 0 Å². The molecule has 1 saturated carbocycles. The van der Waals surface area contributed by atoms with Crippen LogP contribution in [0.1, 0.15) is 45.1 Å². The molecule has 1 aromatic carbocycles. The Bertz CT molecular complexity index is 450. The number of nitrogens with one attached hydrogen (secondary N) is 1. The molecule has 0 radical (unpaired) electrons. The molecule has 22 heavy (non-hydrogen) atoms. The average Bonchev–Trinajstić information content (AvgIpc) is 2.52. The number of aliphatic carboxylic acids is 1. The lowest BCUT2D eigenvalue weighted by atomic mass is 9.85. The Morgan fingerprint density at radius 3 is 2.36 bits per heavy atom. The van der Waals surface area contributed by atoms with Crippen molar-refractivity contribution >= 4 is 5.97 Å². The minimum Gasteiger partial charge on any atom is -0.481 e. The molecule has 0 spiro atoms. The van der Waals surface area contributed by atoms with E-state index in [2.05, 4.69) is 49.5 Å². The van der Waals surface area contributed by atoms with Crippen LogP contribution in [0, 0.1) is 17.8 Å². The minimum absolute atomic E-state index is 0.122. The number of rotatable bonds is 7. The highest BCUT2D eigenvalue weighted by Gasteiger charge is 2.26. The van der Waals surface area contributed by atoms with E-state index in [4.69, 9.17) is 5.11 Å². The van der Waals surface area contributed by atoms with Gasteiger partial charge in [-0.2, -0.15) is 0 Å². The standard InChI is InChI=1S/C19H29NO2/c1-14(2)17(12-15-6-4-3-5-7-15)13-20-18-10-8-16(9-11-18)19(21)22/h3-7,14,16-18,20H,8-13H2,1-2H3,(H,21,22). The third-order valence-corrected chi connectivity index (χ3v) is 5.03. The van der Waals surface area contributed by atoms with Crippen molar-refractivity contribution in [3.63, 3.8) is 0 Å². The summed E-state index contributed by atoms with van der Waals surface area (Å²) in [7, 11) is 0. The topological polar surface area (TPSA) is 49.3 Å². The second-order valence-corrected chi connectivity index (χ2v) is 6.99. The molecule has 1 fully saturated rings. The van der Waals surface area contributed by atoms with Crippen LogP contribution in [0.4, 0.5) is 0 Å². The first-order valence-corrected chi connectivity index (χ1v) is 8.56. The molecule has 1 atom stereocenters.